The van der Waals surface area contributed by atoms with Crippen LogP contribution in [-0.2, 0) is 14.4 Å². The quantitative estimate of drug-likeness (QED) is 0.138. The largest absolute Gasteiger partial charge is 0.480 e. The first-order valence-corrected chi connectivity index (χ1v) is 15.5. The van der Waals surface area contributed by atoms with Crippen molar-refractivity contribution in [2.24, 2.45) is 0 Å². The van der Waals surface area contributed by atoms with Gasteiger partial charge in [0.05, 0.1) is 6.54 Å². The Morgan fingerprint density at radius 1 is 0.979 bits per heavy atom. The van der Waals surface area contributed by atoms with E-state index in [4.69, 9.17) is 9.52 Å². The molecule has 4 N–H and O–H groups in total. The smallest absolute Gasteiger partial charge is 0.322 e. The number of amides is 3. The first-order chi connectivity index (χ1) is 22.6. The van der Waals surface area contributed by atoms with Gasteiger partial charge in [0.15, 0.2) is 0 Å². The van der Waals surface area contributed by atoms with E-state index in [1.54, 1.807) is 28.0 Å². The topological polar surface area (TPSA) is 185 Å². The molecule has 13 heteroatoms. The highest BCUT2D eigenvalue weighted by Gasteiger charge is 2.32. The molecule has 3 aromatic rings. The summed E-state index contributed by atoms with van der Waals surface area (Å²) >= 11 is 0. The highest BCUT2D eigenvalue weighted by molar-refractivity contribution is 6.12. The maximum absolute atomic E-state index is 13.8. The van der Waals surface area contributed by atoms with E-state index in [-0.39, 0.29) is 40.9 Å². The highest BCUT2D eigenvalue weighted by atomic mass is 16.4. The van der Waals surface area contributed by atoms with E-state index < -0.39 is 30.2 Å². The fourth-order valence-corrected chi connectivity index (χ4v) is 5.76. The molecule has 2 fully saturated rings. The van der Waals surface area contributed by atoms with Gasteiger partial charge in [-0.1, -0.05) is 12.1 Å². The fraction of sp³-hybridized carbons (Fsp3) is 0.353. The van der Waals surface area contributed by atoms with E-state index in [0.29, 0.717) is 55.9 Å². The minimum Gasteiger partial charge on any atom is -0.480 e. The predicted octanol–water partition coefficient (Wildman–Crippen LogP) is 3.18. The number of fused-ring (bicyclic) bond motifs is 1. The van der Waals surface area contributed by atoms with Crippen LogP contribution in [0.3, 0.4) is 0 Å². The number of benzene rings is 2. The number of hydrogen-bond donors (Lipinski definition) is 4. The SMILES string of the molecule is Cc1cc2cc(NC(N[C@H]3CCCCN(CC(=O)N4CCCC4)C3=O)=C(C#N)C(=O)c3ccc(C(=O)NCC(=O)O)cc3)ccc2o1. The van der Waals surface area contributed by atoms with Crippen LogP contribution in [0.4, 0.5) is 5.69 Å². The van der Waals surface area contributed by atoms with Crippen LogP contribution in [-0.4, -0.2) is 83.1 Å². The molecular weight excluding hydrogens is 604 g/mol. The molecule has 0 saturated carbocycles. The minimum atomic E-state index is -1.20. The summed E-state index contributed by atoms with van der Waals surface area (Å²) < 4.78 is 5.68. The fourth-order valence-electron chi connectivity index (χ4n) is 5.76. The van der Waals surface area contributed by atoms with Gasteiger partial charge in [0.25, 0.3) is 5.91 Å². The van der Waals surface area contributed by atoms with Crippen LogP contribution in [0.15, 0.2) is 64.3 Å². The zero-order chi connectivity index (χ0) is 33.5. The number of carbonyl (C=O) groups excluding carboxylic acids is 4. The number of nitrogens with one attached hydrogen (secondary N) is 3. The Bertz CT molecular complexity index is 1770. The molecule has 0 bridgehead atoms. The van der Waals surface area contributed by atoms with E-state index in [9.17, 15) is 29.2 Å². The van der Waals surface area contributed by atoms with Gasteiger partial charge in [0.1, 0.15) is 41.4 Å². The van der Waals surface area contributed by atoms with Crippen molar-refractivity contribution in [3.8, 4) is 6.07 Å². The third-order valence-corrected chi connectivity index (χ3v) is 8.19. The first-order valence-electron chi connectivity index (χ1n) is 15.5. The zero-order valence-corrected chi connectivity index (χ0v) is 26.0. The molecule has 0 unspecified atom stereocenters. The Hall–Kier alpha value is -5.64. The van der Waals surface area contributed by atoms with Crippen LogP contribution >= 0.6 is 0 Å². The number of carboxylic acid groups (broad SMARTS) is 1. The van der Waals surface area contributed by atoms with Gasteiger partial charge in [-0.3, -0.25) is 24.0 Å². The van der Waals surface area contributed by atoms with Crippen LogP contribution in [0.2, 0.25) is 0 Å². The molecule has 244 valence electrons. The summed E-state index contributed by atoms with van der Waals surface area (Å²) in [5, 5.41) is 28.5. The number of hydrogen-bond acceptors (Lipinski definition) is 9. The summed E-state index contributed by atoms with van der Waals surface area (Å²) in [4.78, 5) is 66.9. The summed E-state index contributed by atoms with van der Waals surface area (Å²) in [6, 6.07) is 13.8. The summed E-state index contributed by atoms with van der Waals surface area (Å²) in [6.07, 6.45) is 3.70. The lowest BCUT2D eigenvalue weighted by Crippen LogP contribution is -2.49. The van der Waals surface area contributed by atoms with Crippen molar-refractivity contribution >= 4 is 46.1 Å². The van der Waals surface area contributed by atoms with Crippen LogP contribution in [0.5, 0.6) is 0 Å². The lowest BCUT2D eigenvalue weighted by Gasteiger charge is -2.28. The monoisotopic (exact) mass is 640 g/mol. The van der Waals surface area contributed by atoms with Crippen LogP contribution in [0.1, 0.15) is 58.6 Å². The number of aryl methyl sites for hydroxylation is 1. The van der Waals surface area contributed by atoms with Gasteiger partial charge >= 0.3 is 5.97 Å². The van der Waals surface area contributed by atoms with Crippen LogP contribution < -0.4 is 16.0 Å². The Balaban J connectivity index is 1.44. The van der Waals surface area contributed by atoms with E-state index in [0.717, 1.165) is 18.2 Å². The van der Waals surface area contributed by atoms with Crippen molar-refractivity contribution in [3.63, 3.8) is 0 Å². The highest BCUT2D eigenvalue weighted by Crippen LogP contribution is 2.25. The Kier molecular flexibility index (Phi) is 10.2. The standard InChI is InChI=1S/C34H36N6O7/c1-21-16-24-17-25(11-12-28(24)47-21)37-32(26(18-35)31(44)22-7-9-23(10-8-22)33(45)36-19-30(42)43)38-27-6-2-3-15-40(34(27)46)20-29(41)39-13-4-5-14-39/h7-12,16-17,27,37-38H,2-6,13-15,19-20H2,1H3,(H,36,45)(H,42,43)/t27-/m0/s1. The summed E-state index contributed by atoms with van der Waals surface area (Å²) in [5.74, 6) is -2.15. The molecule has 13 nitrogen and oxygen atoms in total. The summed E-state index contributed by atoms with van der Waals surface area (Å²) in [6.45, 7) is 3.02. The average molecular weight is 641 g/mol. The van der Waals surface area contributed by atoms with Gasteiger partial charge in [-0.15, -0.1) is 0 Å². The summed E-state index contributed by atoms with van der Waals surface area (Å²) in [7, 11) is 0. The number of Topliss-reactive ketones (excluding diaryl/α,β-unsaturated/α-hetero) is 1. The average Bonchev–Trinajstić information content (AvgIpc) is 3.70. The van der Waals surface area contributed by atoms with E-state index in [2.05, 4.69) is 16.0 Å². The number of rotatable bonds is 11. The van der Waals surface area contributed by atoms with Gasteiger partial charge in [-0.2, -0.15) is 5.26 Å². The number of furan rings is 1. The second-order valence-electron chi connectivity index (χ2n) is 11.6. The van der Waals surface area contributed by atoms with Crippen LogP contribution in [0, 0.1) is 18.3 Å². The second-order valence-corrected chi connectivity index (χ2v) is 11.6. The van der Waals surface area contributed by atoms with Crippen molar-refractivity contribution in [2.45, 2.75) is 45.1 Å². The van der Waals surface area contributed by atoms with Gasteiger partial charge in [0.2, 0.25) is 17.6 Å². The molecule has 0 aliphatic carbocycles. The van der Waals surface area contributed by atoms with Crippen molar-refractivity contribution in [3.05, 3.63) is 76.8 Å². The molecule has 3 amide bonds. The minimum absolute atomic E-state index is 0.0198. The van der Waals surface area contributed by atoms with Crippen molar-refractivity contribution in [1.82, 2.24) is 20.4 Å². The van der Waals surface area contributed by atoms with Crippen molar-refractivity contribution in [2.75, 3.05) is 38.0 Å². The number of likely N-dealkylation sites (tertiary alicyclic amines) is 2. The maximum atomic E-state index is 13.8. The van der Waals surface area contributed by atoms with E-state index in [1.165, 1.54) is 24.3 Å². The second kappa shape index (κ2) is 14.6. The number of nitrogens with zero attached hydrogens (tertiary/aromatic N) is 3. The number of aliphatic carboxylic acids is 1. The third-order valence-electron chi connectivity index (χ3n) is 8.19. The summed E-state index contributed by atoms with van der Waals surface area (Å²) in [5.41, 5.74) is 1.14. The van der Waals surface area contributed by atoms with E-state index in [1.807, 2.05) is 19.1 Å². The molecule has 2 saturated heterocycles. The molecule has 1 atom stereocenters. The molecule has 2 aliphatic heterocycles. The molecule has 2 aromatic carbocycles. The molecule has 1 aromatic heterocycles. The molecule has 0 spiro atoms. The van der Waals surface area contributed by atoms with Gasteiger partial charge in [-0.05, 0) is 75.4 Å². The normalized spacial score (nSPS) is 17.0. The number of anilines is 1. The van der Waals surface area contributed by atoms with Crippen molar-refractivity contribution in [1.29, 1.82) is 5.26 Å². The van der Waals surface area contributed by atoms with Gasteiger partial charge < -0.3 is 35.3 Å². The number of carboxylic acids is 1. The van der Waals surface area contributed by atoms with Gasteiger partial charge in [0, 0.05) is 41.8 Å². The molecule has 0 radical (unpaired) electrons. The zero-order valence-electron chi connectivity index (χ0n) is 26.0. The lowest BCUT2D eigenvalue weighted by molar-refractivity contribution is -0.140. The molecule has 2 aliphatic rings. The van der Waals surface area contributed by atoms with Crippen LogP contribution in [0.25, 0.3) is 11.0 Å². The van der Waals surface area contributed by atoms with Crippen molar-refractivity contribution < 1.29 is 33.5 Å². The molecular formula is C34H36N6O7. The molecule has 3 heterocycles. The third kappa shape index (κ3) is 7.96. The number of ketones is 1. The lowest BCUT2D eigenvalue weighted by atomic mass is 10.0. The Morgan fingerprint density at radius 2 is 1.68 bits per heavy atom. The molecule has 5 rings (SSSR count). The Labute approximate surface area is 271 Å². The maximum Gasteiger partial charge on any atom is 0.322 e. The predicted molar refractivity (Wildman–Crippen MR) is 171 cm³/mol. The Morgan fingerprint density at radius 3 is 2.38 bits per heavy atom. The van der Waals surface area contributed by atoms with E-state index >= 15 is 0 Å². The number of carbonyl (C=O) groups is 5. The first kappa shape index (κ1) is 32.7. The van der Waals surface area contributed by atoms with Gasteiger partial charge in [-0.25, -0.2) is 0 Å². The number of allylic oxidation sites excluding steroid dienone is 1. The number of nitriles is 1. The molecule has 47 heavy (non-hydrogen) atoms.